The minimum Gasteiger partial charge on any atom is -0.381 e. The van der Waals surface area contributed by atoms with Gasteiger partial charge >= 0.3 is 0 Å². The molecule has 2 atom stereocenters. The molecule has 1 unspecified atom stereocenters. The number of aryl methyl sites for hydroxylation is 1. The van der Waals surface area contributed by atoms with Crippen molar-refractivity contribution in [2.24, 2.45) is 0 Å². The molecule has 0 saturated carbocycles. The molecule has 1 N–H and O–H groups in total. The van der Waals surface area contributed by atoms with E-state index in [1.54, 1.807) is 0 Å². The lowest BCUT2D eigenvalue weighted by molar-refractivity contribution is -0.0159. The number of rotatable bonds is 3. The Morgan fingerprint density at radius 2 is 2.10 bits per heavy atom. The van der Waals surface area contributed by atoms with Crippen LogP contribution in [0.4, 0.5) is 0 Å². The molecule has 0 spiro atoms. The van der Waals surface area contributed by atoms with Gasteiger partial charge < -0.3 is 14.5 Å². The van der Waals surface area contributed by atoms with E-state index in [2.05, 4.69) is 16.0 Å². The number of ether oxygens (including phenoxy) is 2. The fourth-order valence-electron chi connectivity index (χ4n) is 3.98. The van der Waals surface area contributed by atoms with Crippen LogP contribution in [0.15, 0.2) is 12.3 Å². The van der Waals surface area contributed by atoms with Gasteiger partial charge in [0.1, 0.15) is 0 Å². The molecule has 4 rings (SSSR count). The summed E-state index contributed by atoms with van der Waals surface area (Å²) < 4.78 is 11.8. The second kappa shape index (κ2) is 5.51. The highest BCUT2D eigenvalue weighted by atomic mass is 16.5. The van der Waals surface area contributed by atoms with Crippen LogP contribution in [-0.4, -0.2) is 48.3 Å². The second-order valence-electron chi connectivity index (χ2n) is 6.33. The van der Waals surface area contributed by atoms with Crippen LogP contribution in [0.5, 0.6) is 0 Å². The molecule has 3 aliphatic rings. The Balaban J connectivity index is 1.33. The molecule has 2 aliphatic heterocycles. The van der Waals surface area contributed by atoms with Crippen molar-refractivity contribution in [3.8, 4) is 0 Å². The molecule has 0 aromatic carbocycles. The van der Waals surface area contributed by atoms with Crippen molar-refractivity contribution >= 4 is 0 Å². The molecule has 2 fully saturated rings. The monoisotopic (exact) mass is 276 g/mol. The predicted octanol–water partition coefficient (Wildman–Crippen LogP) is 2.27. The number of hydrogen-bond donors (Lipinski definition) is 1. The average molecular weight is 276 g/mol. The third kappa shape index (κ3) is 2.41. The Hall–Kier alpha value is -0.840. The molecule has 1 aromatic heterocycles. The summed E-state index contributed by atoms with van der Waals surface area (Å²) >= 11 is 0. The highest BCUT2D eigenvalue weighted by Crippen LogP contribution is 2.35. The predicted molar refractivity (Wildman–Crippen MR) is 76.8 cm³/mol. The van der Waals surface area contributed by atoms with Crippen LogP contribution in [0, 0.1) is 0 Å². The first kappa shape index (κ1) is 12.9. The van der Waals surface area contributed by atoms with Gasteiger partial charge in [0.2, 0.25) is 0 Å². The third-order valence-corrected chi connectivity index (χ3v) is 5.11. The lowest BCUT2D eigenvalue weighted by atomic mass is 10.1. The lowest BCUT2D eigenvalue weighted by Crippen LogP contribution is -2.38. The van der Waals surface area contributed by atoms with E-state index in [1.807, 2.05) is 6.20 Å². The number of nitrogens with zero attached hydrogens (tertiary/aromatic N) is 1. The molecular formula is C16H24N2O2. The van der Waals surface area contributed by atoms with Gasteiger partial charge in [0.05, 0.1) is 12.2 Å². The minimum absolute atomic E-state index is 0.305. The number of nitrogens with one attached hydrogen (secondary N) is 1. The van der Waals surface area contributed by atoms with Crippen molar-refractivity contribution in [1.29, 1.82) is 0 Å². The van der Waals surface area contributed by atoms with Gasteiger partial charge in [-0.3, -0.25) is 4.90 Å². The molecule has 1 aliphatic carbocycles. The third-order valence-electron chi connectivity index (χ3n) is 5.11. The van der Waals surface area contributed by atoms with Crippen LogP contribution in [0.25, 0.3) is 0 Å². The van der Waals surface area contributed by atoms with Gasteiger partial charge in [0, 0.05) is 44.2 Å². The first-order valence-corrected chi connectivity index (χ1v) is 8.03. The van der Waals surface area contributed by atoms with E-state index in [0.29, 0.717) is 12.2 Å². The van der Waals surface area contributed by atoms with Gasteiger partial charge in [0.15, 0.2) is 0 Å². The molecular weight excluding hydrogens is 252 g/mol. The summed E-state index contributed by atoms with van der Waals surface area (Å²) in [6.45, 7) is 4.17. The minimum atomic E-state index is 0.305. The number of aromatic amines is 1. The number of H-pyrrole nitrogens is 1. The van der Waals surface area contributed by atoms with Crippen molar-refractivity contribution in [3.63, 3.8) is 0 Å². The maximum absolute atomic E-state index is 6.37. The topological polar surface area (TPSA) is 37.5 Å². The highest BCUT2D eigenvalue weighted by molar-refractivity contribution is 5.27. The Kier molecular flexibility index (Phi) is 3.54. The highest BCUT2D eigenvalue weighted by Gasteiger charge is 2.33. The molecule has 110 valence electrons. The standard InChI is InChI=1S/C16H24N2O2/c1-2-15(16-12(1)3-7-17-16)20-14-4-8-18(11-14)13-5-9-19-10-6-13/h3,7,13-15,17H,1-2,4-6,8-11H2/t14-,15?/m1/s1. The molecule has 4 nitrogen and oxygen atoms in total. The Bertz CT molecular complexity index is 453. The molecule has 2 saturated heterocycles. The number of aromatic nitrogens is 1. The smallest absolute Gasteiger partial charge is 0.0982 e. The van der Waals surface area contributed by atoms with Gasteiger partial charge in [-0.15, -0.1) is 0 Å². The number of likely N-dealkylation sites (tertiary alicyclic amines) is 1. The van der Waals surface area contributed by atoms with E-state index in [4.69, 9.17) is 9.47 Å². The molecule has 0 radical (unpaired) electrons. The van der Waals surface area contributed by atoms with Crippen LogP contribution in [0.3, 0.4) is 0 Å². The maximum atomic E-state index is 6.37. The molecule has 20 heavy (non-hydrogen) atoms. The van der Waals surface area contributed by atoms with Gasteiger partial charge in [-0.2, -0.15) is 0 Å². The first-order valence-electron chi connectivity index (χ1n) is 8.03. The van der Waals surface area contributed by atoms with Gasteiger partial charge in [0.25, 0.3) is 0 Å². The van der Waals surface area contributed by atoms with E-state index < -0.39 is 0 Å². The summed E-state index contributed by atoms with van der Waals surface area (Å²) in [7, 11) is 0. The summed E-state index contributed by atoms with van der Waals surface area (Å²) in [6, 6.07) is 2.92. The van der Waals surface area contributed by atoms with Gasteiger partial charge in [-0.1, -0.05) is 0 Å². The Labute approximate surface area is 120 Å². The fourth-order valence-corrected chi connectivity index (χ4v) is 3.98. The molecule has 4 heteroatoms. The van der Waals surface area contributed by atoms with E-state index in [-0.39, 0.29) is 0 Å². The summed E-state index contributed by atoms with van der Waals surface area (Å²) in [5.41, 5.74) is 2.78. The first-order chi connectivity index (χ1) is 9.90. The second-order valence-corrected chi connectivity index (χ2v) is 6.33. The van der Waals surface area contributed by atoms with Crippen LogP contribution < -0.4 is 0 Å². The van der Waals surface area contributed by atoms with Crippen molar-refractivity contribution in [2.45, 2.75) is 50.4 Å². The van der Waals surface area contributed by atoms with Crippen LogP contribution in [0.1, 0.15) is 43.0 Å². The Morgan fingerprint density at radius 3 is 3.00 bits per heavy atom. The molecule has 0 amide bonds. The van der Waals surface area contributed by atoms with Crippen molar-refractivity contribution in [2.75, 3.05) is 26.3 Å². The zero-order chi connectivity index (χ0) is 13.4. The van der Waals surface area contributed by atoms with E-state index in [0.717, 1.165) is 32.2 Å². The van der Waals surface area contributed by atoms with Gasteiger partial charge in [-0.05, 0) is 43.7 Å². The van der Waals surface area contributed by atoms with Crippen molar-refractivity contribution in [1.82, 2.24) is 9.88 Å². The van der Waals surface area contributed by atoms with Crippen molar-refractivity contribution < 1.29 is 9.47 Å². The molecule has 0 bridgehead atoms. The SMILES string of the molecule is c1cc2c([nH]1)C(O[C@@H]1CCN(C3CCOCC3)C1)CC2. The molecule has 1 aromatic rings. The quantitative estimate of drug-likeness (QED) is 0.920. The summed E-state index contributed by atoms with van der Waals surface area (Å²) in [4.78, 5) is 5.98. The average Bonchev–Trinajstić information content (AvgIpc) is 3.19. The summed E-state index contributed by atoms with van der Waals surface area (Å²) in [5.74, 6) is 0. The van der Waals surface area contributed by atoms with E-state index in [9.17, 15) is 0 Å². The number of hydrogen-bond acceptors (Lipinski definition) is 3. The van der Waals surface area contributed by atoms with E-state index >= 15 is 0 Å². The summed E-state index contributed by atoms with van der Waals surface area (Å²) in [5, 5.41) is 0. The Morgan fingerprint density at radius 1 is 1.20 bits per heavy atom. The maximum Gasteiger partial charge on any atom is 0.0982 e. The lowest BCUT2D eigenvalue weighted by Gasteiger charge is -2.31. The van der Waals surface area contributed by atoms with E-state index in [1.165, 1.54) is 43.5 Å². The zero-order valence-electron chi connectivity index (χ0n) is 12.0. The zero-order valence-corrected chi connectivity index (χ0v) is 12.0. The molecule has 3 heterocycles. The number of fused-ring (bicyclic) bond motifs is 1. The van der Waals surface area contributed by atoms with Crippen LogP contribution in [-0.2, 0) is 15.9 Å². The van der Waals surface area contributed by atoms with Gasteiger partial charge in [-0.25, -0.2) is 0 Å². The van der Waals surface area contributed by atoms with Crippen molar-refractivity contribution in [3.05, 3.63) is 23.5 Å². The normalized spacial score (nSPS) is 31.8. The fraction of sp³-hybridized carbons (Fsp3) is 0.750. The summed E-state index contributed by atoms with van der Waals surface area (Å²) in [6.07, 6.45) is 8.65. The largest absolute Gasteiger partial charge is 0.381 e. The van der Waals surface area contributed by atoms with Crippen LogP contribution in [0.2, 0.25) is 0 Å². The van der Waals surface area contributed by atoms with Crippen LogP contribution >= 0.6 is 0 Å².